The van der Waals surface area contributed by atoms with Gasteiger partial charge in [0, 0.05) is 25.0 Å². The number of rotatable bonds is 5. The number of fused-ring (bicyclic) bond motifs is 1. The van der Waals surface area contributed by atoms with E-state index in [1.54, 1.807) is 10.9 Å². The van der Waals surface area contributed by atoms with Crippen LogP contribution in [0.25, 0.3) is 0 Å². The molecule has 0 unspecified atom stereocenters. The first-order valence-electron chi connectivity index (χ1n) is 9.13. The zero-order valence-electron chi connectivity index (χ0n) is 14.4. The molecule has 0 saturated carbocycles. The summed E-state index contributed by atoms with van der Waals surface area (Å²) in [5.41, 5.74) is 3.93. The first kappa shape index (κ1) is 16.2. The molecule has 1 saturated heterocycles. The van der Waals surface area contributed by atoms with Crippen molar-refractivity contribution < 1.29 is 4.79 Å². The van der Waals surface area contributed by atoms with Gasteiger partial charge in [-0.05, 0) is 62.2 Å². The van der Waals surface area contributed by atoms with E-state index < -0.39 is 0 Å². The van der Waals surface area contributed by atoms with Gasteiger partial charge >= 0.3 is 0 Å². The SMILES string of the molecule is O=C(NCc1cnc2c(c1)CCC2)c1cn(C[C@@H]2CCCNC2)nn1. The lowest BCUT2D eigenvalue weighted by atomic mass is 10.00. The Bertz CT molecular complexity index is 750. The van der Waals surface area contributed by atoms with Crippen molar-refractivity contribution in [2.24, 2.45) is 5.92 Å². The number of nitrogens with one attached hydrogen (secondary N) is 2. The number of carbonyl (C=O) groups is 1. The van der Waals surface area contributed by atoms with Crippen LogP contribution in [-0.4, -0.2) is 39.0 Å². The third kappa shape index (κ3) is 3.87. The normalized spacial score (nSPS) is 19.6. The zero-order chi connectivity index (χ0) is 17.1. The monoisotopic (exact) mass is 340 g/mol. The first-order valence-corrected chi connectivity index (χ1v) is 9.13. The van der Waals surface area contributed by atoms with E-state index in [9.17, 15) is 4.79 Å². The number of pyridine rings is 1. The summed E-state index contributed by atoms with van der Waals surface area (Å²) in [6.45, 7) is 3.38. The van der Waals surface area contributed by atoms with Gasteiger partial charge in [0.05, 0.1) is 6.20 Å². The highest BCUT2D eigenvalue weighted by molar-refractivity contribution is 5.91. The second-order valence-electron chi connectivity index (χ2n) is 7.02. The average Bonchev–Trinajstić information content (AvgIpc) is 3.29. The molecule has 3 heterocycles. The molecule has 7 nitrogen and oxygen atoms in total. The van der Waals surface area contributed by atoms with Crippen molar-refractivity contribution in [3.05, 3.63) is 41.0 Å². The summed E-state index contributed by atoms with van der Waals surface area (Å²) in [7, 11) is 0. The van der Waals surface area contributed by atoms with Crippen LogP contribution in [0.5, 0.6) is 0 Å². The topological polar surface area (TPSA) is 84.7 Å². The molecule has 0 bridgehead atoms. The molecule has 2 N–H and O–H groups in total. The summed E-state index contributed by atoms with van der Waals surface area (Å²) in [4.78, 5) is 16.8. The van der Waals surface area contributed by atoms with Crippen LogP contribution >= 0.6 is 0 Å². The van der Waals surface area contributed by atoms with Gasteiger partial charge in [0.1, 0.15) is 0 Å². The summed E-state index contributed by atoms with van der Waals surface area (Å²) in [5.74, 6) is 0.373. The first-order chi connectivity index (χ1) is 12.3. The number of aryl methyl sites for hydroxylation is 2. The molecule has 2 aromatic heterocycles. The summed E-state index contributed by atoms with van der Waals surface area (Å²) >= 11 is 0. The Hall–Kier alpha value is -2.28. The summed E-state index contributed by atoms with van der Waals surface area (Å²) in [6.07, 6.45) is 9.33. The van der Waals surface area contributed by atoms with Crippen LogP contribution in [0.4, 0.5) is 0 Å². The Morgan fingerprint density at radius 2 is 2.32 bits per heavy atom. The van der Waals surface area contributed by atoms with Gasteiger partial charge < -0.3 is 10.6 Å². The molecule has 0 radical (unpaired) electrons. The third-order valence-electron chi connectivity index (χ3n) is 5.04. The molecule has 2 aliphatic rings. The highest BCUT2D eigenvalue weighted by Gasteiger charge is 2.17. The fraction of sp³-hybridized carbons (Fsp3) is 0.556. The molecular formula is C18H24N6O. The van der Waals surface area contributed by atoms with E-state index in [-0.39, 0.29) is 5.91 Å². The Kier molecular flexibility index (Phi) is 4.74. The van der Waals surface area contributed by atoms with E-state index in [1.165, 1.54) is 30.5 Å². The van der Waals surface area contributed by atoms with Crippen molar-refractivity contribution >= 4 is 5.91 Å². The highest BCUT2D eigenvalue weighted by Crippen LogP contribution is 2.20. The number of nitrogens with zero attached hydrogens (tertiary/aromatic N) is 4. The van der Waals surface area contributed by atoms with Gasteiger partial charge in [-0.25, -0.2) is 0 Å². The van der Waals surface area contributed by atoms with Crippen LogP contribution in [0.15, 0.2) is 18.5 Å². The lowest BCUT2D eigenvalue weighted by Crippen LogP contribution is -2.32. The second kappa shape index (κ2) is 7.31. The minimum atomic E-state index is -0.187. The molecule has 0 aromatic carbocycles. The van der Waals surface area contributed by atoms with E-state index in [2.05, 4.69) is 32.0 Å². The van der Waals surface area contributed by atoms with Gasteiger partial charge in [0.25, 0.3) is 5.91 Å². The minimum absolute atomic E-state index is 0.187. The molecule has 1 aliphatic heterocycles. The molecule has 25 heavy (non-hydrogen) atoms. The van der Waals surface area contributed by atoms with Crippen LogP contribution in [0.3, 0.4) is 0 Å². The molecule has 1 fully saturated rings. The lowest BCUT2D eigenvalue weighted by Gasteiger charge is -2.22. The van der Waals surface area contributed by atoms with Gasteiger partial charge in [0.15, 0.2) is 5.69 Å². The van der Waals surface area contributed by atoms with Gasteiger partial charge in [-0.2, -0.15) is 0 Å². The summed E-state index contributed by atoms with van der Waals surface area (Å²) in [6, 6.07) is 2.16. The Morgan fingerprint density at radius 3 is 3.20 bits per heavy atom. The fourth-order valence-corrected chi connectivity index (χ4v) is 3.68. The largest absolute Gasteiger partial charge is 0.346 e. The zero-order valence-corrected chi connectivity index (χ0v) is 14.4. The Balaban J connectivity index is 1.32. The van der Waals surface area contributed by atoms with Gasteiger partial charge in [-0.3, -0.25) is 14.5 Å². The maximum absolute atomic E-state index is 12.3. The van der Waals surface area contributed by atoms with Gasteiger partial charge in [-0.1, -0.05) is 11.3 Å². The number of carbonyl (C=O) groups excluding carboxylic acids is 1. The molecule has 7 heteroatoms. The predicted octanol–water partition coefficient (Wildman–Crippen LogP) is 1.09. The van der Waals surface area contributed by atoms with Crippen LogP contribution in [0.2, 0.25) is 0 Å². The van der Waals surface area contributed by atoms with Crippen molar-refractivity contribution in [2.75, 3.05) is 13.1 Å². The number of aromatic nitrogens is 4. The minimum Gasteiger partial charge on any atom is -0.346 e. The smallest absolute Gasteiger partial charge is 0.273 e. The van der Waals surface area contributed by atoms with E-state index in [4.69, 9.17) is 0 Å². The quantitative estimate of drug-likeness (QED) is 0.851. The van der Waals surface area contributed by atoms with Gasteiger partial charge in [0.2, 0.25) is 0 Å². The number of hydrogen-bond acceptors (Lipinski definition) is 5. The molecule has 1 amide bonds. The third-order valence-corrected chi connectivity index (χ3v) is 5.04. The Morgan fingerprint density at radius 1 is 1.36 bits per heavy atom. The van der Waals surface area contributed by atoms with Crippen molar-refractivity contribution in [3.63, 3.8) is 0 Å². The molecule has 132 valence electrons. The van der Waals surface area contributed by atoms with Crippen LogP contribution in [-0.2, 0) is 25.9 Å². The van der Waals surface area contributed by atoms with Crippen molar-refractivity contribution in [3.8, 4) is 0 Å². The van der Waals surface area contributed by atoms with Crippen molar-refractivity contribution in [1.29, 1.82) is 0 Å². The predicted molar refractivity (Wildman–Crippen MR) is 93.0 cm³/mol. The summed E-state index contributed by atoms with van der Waals surface area (Å²) in [5, 5.41) is 14.4. The Labute approximate surface area is 147 Å². The summed E-state index contributed by atoms with van der Waals surface area (Å²) < 4.78 is 1.78. The standard InChI is InChI=1S/C18H24N6O/c25-18(21-10-14-7-15-4-1-5-16(15)20-9-14)17-12-24(23-22-17)11-13-3-2-6-19-8-13/h7,9,12-13,19H,1-6,8,10-11H2,(H,21,25)/t13-/m1/s1. The second-order valence-corrected chi connectivity index (χ2v) is 7.02. The molecule has 4 rings (SSSR count). The molecule has 1 aliphatic carbocycles. The fourth-order valence-electron chi connectivity index (χ4n) is 3.68. The van der Waals surface area contributed by atoms with Crippen molar-refractivity contribution in [1.82, 2.24) is 30.6 Å². The number of amides is 1. The lowest BCUT2D eigenvalue weighted by molar-refractivity contribution is 0.0945. The van der Waals surface area contributed by atoms with E-state index in [0.717, 1.165) is 38.0 Å². The van der Waals surface area contributed by atoms with Crippen molar-refractivity contribution in [2.45, 2.75) is 45.2 Å². The molecule has 2 aromatic rings. The maximum Gasteiger partial charge on any atom is 0.273 e. The maximum atomic E-state index is 12.3. The van der Waals surface area contributed by atoms with Crippen LogP contribution in [0, 0.1) is 5.92 Å². The molecule has 1 atom stereocenters. The van der Waals surface area contributed by atoms with E-state index in [1.807, 2.05) is 6.20 Å². The van der Waals surface area contributed by atoms with E-state index in [0.29, 0.717) is 18.2 Å². The van der Waals surface area contributed by atoms with Crippen LogP contribution < -0.4 is 10.6 Å². The highest BCUT2D eigenvalue weighted by atomic mass is 16.2. The molecular weight excluding hydrogens is 316 g/mol. The van der Waals surface area contributed by atoms with Crippen LogP contribution in [0.1, 0.15) is 46.6 Å². The number of piperidine rings is 1. The molecule has 0 spiro atoms. The van der Waals surface area contributed by atoms with E-state index >= 15 is 0 Å². The average molecular weight is 340 g/mol. The van der Waals surface area contributed by atoms with Gasteiger partial charge in [-0.15, -0.1) is 5.10 Å². The number of hydrogen-bond donors (Lipinski definition) is 2.